The minimum atomic E-state index is -1.39. The molecule has 10 heteroatoms. The van der Waals surface area contributed by atoms with E-state index in [1.807, 2.05) is 43.3 Å². The molecule has 2 heterocycles. The molecular weight excluding hydrogens is 460 g/mol. The number of aromatic nitrogens is 4. The van der Waals surface area contributed by atoms with Gasteiger partial charge >= 0.3 is 6.09 Å². The Labute approximate surface area is 207 Å². The highest BCUT2D eigenvalue weighted by Gasteiger charge is 2.58. The number of nitrogens with one attached hydrogen (secondary N) is 1. The number of fused-ring (bicyclic) bond motifs is 2. The summed E-state index contributed by atoms with van der Waals surface area (Å²) in [6, 6.07) is 15.2. The van der Waals surface area contributed by atoms with Crippen molar-refractivity contribution in [3.63, 3.8) is 0 Å². The van der Waals surface area contributed by atoms with Crippen LogP contribution in [0.4, 0.5) is 4.79 Å². The van der Waals surface area contributed by atoms with Gasteiger partial charge in [-0.3, -0.25) is 9.59 Å². The minimum Gasteiger partial charge on any atom is -0.427 e. The zero-order valence-electron chi connectivity index (χ0n) is 19.9. The van der Waals surface area contributed by atoms with Crippen LogP contribution in [0.15, 0.2) is 48.5 Å². The number of aryl methyl sites for hydroxylation is 1. The molecule has 36 heavy (non-hydrogen) atoms. The van der Waals surface area contributed by atoms with Gasteiger partial charge in [-0.15, -0.1) is 10.2 Å². The van der Waals surface area contributed by atoms with Crippen LogP contribution in [0, 0.1) is 5.92 Å². The summed E-state index contributed by atoms with van der Waals surface area (Å²) in [5.74, 6) is 0.154. The number of rotatable bonds is 7. The van der Waals surface area contributed by atoms with Crippen LogP contribution in [0.1, 0.15) is 42.9 Å². The molecule has 3 amide bonds. The van der Waals surface area contributed by atoms with Crippen LogP contribution in [0.3, 0.4) is 0 Å². The summed E-state index contributed by atoms with van der Waals surface area (Å²) >= 11 is 0. The molecule has 6 rings (SSSR count). The number of hydrogen-bond acceptors (Lipinski definition) is 7. The van der Waals surface area contributed by atoms with Gasteiger partial charge in [-0.05, 0) is 54.5 Å². The fraction of sp³-hybridized carbons (Fsp3) is 0.385. The van der Waals surface area contributed by atoms with Gasteiger partial charge in [-0.25, -0.2) is 9.69 Å². The van der Waals surface area contributed by atoms with E-state index in [-0.39, 0.29) is 18.5 Å². The molecule has 2 aliphatic carbocycles. The zero-order valence-corrected chi connectivity index (χ0v) is 19.9. The molecule has 1 saturated heterocycles. The van der Waals surface area contributed by atoms with Gasteiger partial charge in [0.05, 0.1) is 0 Å². The number of tetrazole rings is 1. The second-order valence-corrected chi connectivity index (χ2v) is 9.78. The van der Waals surface area contributed by atoms with E-state index in [0.717, 1.165) is 34.4 Å². The Kier molecular flexibility index (Phi) is 5.31. The Hall–Kier alpha value is -4.08. The molecule has 1 saturated carbocycles. The standard InChI is InChI=1S/C26H26N6O4/c1-16(18-7-8-18)31(14-17-5-3-2-4-6-17)22(33)15-32-24(34)26(36-25(32)35)12-11-19-13-20(9-10-21(19)26)23-27-29-30-28-23/h2-6,9-10,13,16,18H,7-8,11-12,14-15H2,1H3,(H,27,28,29,30)/t16-,26?/m0/s1. The molecule has 2 atom stereocenters. The van der Waals surface area contributed by atoms with Crippen molar-refractivity contribution in [3.05, 3.63) is 65.2 Å². The first-order chi connectivity index (χ1) is 17.5. The number of amides is 3. The highest BCUT2D eigenvalue weighted by Crippen LogP contribution is 2.46. The first-order valence-electron chi connectivity index (χ1n) is 12.2. The SMILES string of the molecule is C[C@@H](C1CC1)N(Cc1ccccc1)C(=O)CN1C(=O)OC2(CCc3cc(-c4nn[nH]n4)ccc32)C1=O. The Balaban J connectivity index is 1.23. The Morgan fingerprint density at radius 2 is 2.03 bits per heavy atom. The third-order valence-corrected chi connectivity index (χ3v) is 7.57. The average Bonchev–Trinajstić information content (AvgIpc) is 3.39. The van der Waals surface area contributed by atoms with Gasteiger partial charge < -0.3 is 9.64 Å². The molecule has 2 aromatic carbocycles. The van der Waals surface area contributed by atoms with Gasteiger partial charge in [0.1, 0.15) is 6.54 Å². The van der Waals surface area contributed by atoms with E-state index in [4.69, 9.17) is 4.74 Å². The fourth-order valence-corrected chi connectivity index (χ4v) is 5.37. The lowest BCUT2D eigenvalue weighted by Gasteiger charge is -2.30. The van der Waals surface area contributed by atoms with Gasteiger partial charge in [0.25, 0.3) is 5.91 Å². The summed E-state index contributed by atoms with van der Waals surface area (Å²) in [5.41, 5.74) is 1.91. The average molecular weight is 487 g/mol. The summed E-state index contributed by atoms with van der Waals surface area (Å²) in [7, 11) is 0. The van der Waals surface area contributed by atoms with E-state index in [0.29, 0.717) is 36.7 Å². The summed E-state index contributed by atoms with van der Waals surface area (Å²) in [6.07, 6.45) is 2.27. The van der Waals surface area contributed by atoms with Crippen molar-refractivity contribution >= 4 is 17.9 Å². The second-order valence-electron chi connectivity index (χ2n) is 9.78. The Morgan fingerprint density at radius 3 is 2.75 bits per heavy atom. The van der Waals surface area contributed by atoms with E-state index in [9.17, 15) is 14.4 Å². The molecule has 0 radical (unpaired) electrons. The van der Waals surface area contributed by atoms with Crippen LogP contribution in [-0.4, -0.2) is 60.9 Å². The van der Waals surface area contributed by atoms with Crippen molar-refractivity contribution < 1.29 is 19.1 Å². The number of ether oxygens (including phenoxy) is 1. The predicted octanol–water partition coefficient (Wildman–Crippen LogP) is 2.81. The normalized spacial score (nSPS) is 21.5. The maximum atomic E-state index is 13.6. The Morgan fingerprint density at radius 1 is 1.22 bits per heavy atom. The predicted molar refractivity (Wildman–Crippen MR) is 127 cm³/mol. The number of H-pyrrole nitrogens is 1. The van der Waals surface area contributed by atoms with Crippen LogP contribution in [-0.2, 0) is 32.9 Å². The first-order valence-corrected chi connectivity index (χ1v) is 12.2. The van der Waals surface area contributed by atoms with Crippen LogP contribution in [0.5, 0.6) is 0 Å². The van der Waals surface area contributed by atoms with Crippen molar-refractivity contribution in [3.8, 4) is 11.4 Å². The number of carbonyl (C=O) groups excluding carboxylic acids is 3. The Bertz CT molecular complexity index is 1320. The van der Waals surface area contributed by atoms with E-state index in [1.54, 1.807) is 17.0 Å². The van der Waals surface area contributed by atoms with Crippen LogP contribution >= 0.6 is 0 Å². The molecule has 1 spiro atoms. The van der Waals surface area contributed by atoms with Crippen LogP contribution in [0.2, 0.25) is 0 Å². The van der Waals surface area contributed by atoms with E-state index >= 15 is 0 Å². The first kappa shape index (κ1) is 22.4. The number of nitrogens with zero attached hydrogens (tertiary/aromatic N) is 5. The summed E-state index contributed by atoms with van der Waals surface area (Å²) in [4.78, 5) is 42.8. The van der Waals surface area contributed by atoms with Gasteiger partial charge in [0, 0.05) is 30.1 Å². The molecule has 0 bridgehead atoms. The minimum absolute atomic E-state index is 0.0242. The molecular formula is C26H26N6O4. The molecule has 2 fully saturated rings. The third-order valence-electron chi connectivity index (χ3n) is 7.57. The van der Waals surface area contributed by atoms with Crippen molar-refractivity contribution in [2.24, 2.45) is 5.92 Å². The van der Waals surface area contributed by atoms with Crippen molar-refractivity contribution in [2.45, 2.75) is 50.8 Å². The van der Waals surface area contributed by atoms with Crippen molar-refractivity contribution in [1.82, 2.24) is 30.4 Å². The molecule has 1 aliphatic heterocycles. The highest BCUT2D eigenvalue weighted by atomic mass is 16.6. The van der Waals surface area contributed by atoms with Crippen molar-refractivity contribution in [2.75, 3.05) is 6.54 Å². The van der Waals surface area contributed by atoms with Gasteiger partial charge in [-0.1, -0.05) is 42.5 Å². The van der Waals surface area contributed by atoms with Gasteiger partial charge in [0.2, 0.25) is 17.3 Å². The maximum absolute atomic E-state index is 13.6. The summed E-state index contributed by atoms with van der Waals surface area (Å²) < 4.78 is 5.73. The second kappa shape index (κ2) is 8.54. The third kappa shape index (κ3) is 3.73. The quantitative estimate of drug-likeness (QED) is 0.545. The molecule has 1 unspecified atom stereocenters. The van der Waals surface area contributed by atoms with Gasteiger partial charge in [0.15, 0.2) is 0 Å². The smallest absolute Gasteiger partial charge is 0.418 e. The molecule has 184 valence electrons. The lowest BCUT2D eigenvalue weighted by molar-refractivity contribution is -0.143. The topological polar surface area (TPSA) is 121 Å². The lowest BCUT2D eigenvalue weighted by atomic mass is 9.94. The highest BCUT2D eigenvalue weighted by molar-refractivity contribution is 6.06. The monoisotopic (exact) mass is 486 g/mol. The maximum Gasteiger partial charge on any atom is 0.418 e. The molecule has 3 aromatic rings. The fourth-order valence-electron chi connectivity index (χ4n) is 5.37. The van der Waals surface area contributed by atoms with Gasteiger partial charge in [-0.2, -0.15) is 5.21 Å². The number of carbonyl (C=O) groups is 3. The number of imide groups is 1. The van der Waals surface area contributed by atoms with Crippen molar-refractivity contribution in [1.29, 1.82) is 0 Å². The lowest BCUT2D eigenvalue weighted by Crippen LogP contribution is -2.47. The summed E-state index contributed by atoms with van der Waals surface area (Å²) in [5, 5.41) is 14.0. The summed E-state index contributed by atoms with van der Waals surface area (Å²) in [6.45, 7) is 2.14. The van der Waals surface area contributed by atoms with E-state index in [2.05, 4.69) is 20.6 Å². The molecule has 10 nitrogen and oxygen atoms in total. The van der Waals surface area contributed by atoms with Crippen LogP contribution < -0.4 is 0 Å². The van der Waals surface area contributed by atoms with E-state index < -0.39 is 17.6 Å². The number of benzene rings is 2. The molecule has 1 aromatic heterocycles. The number of hydrogen-bond donors (Lipinski definition) is 1. The molecule has 3 aliphatic rings. The number of aromatic amines is 1. The van der Waals surface area contributed by atoms with E-state index in [1.165, 1.54) is 0 Å². The zero-order chi connectivity index (χ0) is 24.9. The van der Waals surface area contributed by atoms with Crippen LogP contribution in [0.25, 0.3) is 11.4 Å². The largest absolute Gasteiger partial charge is 0.427 e. The molecule has 1 N–H and O–H groups in total.